The molecule has 2 saturated carbocycles. The number of nitrogens with zero attached hydrogens (tertiary/aromatic N) is 2. The number of hydrogen-bond donors (Lipinski definition) is 1. The van der Waals surface area contributed by atoms with E-state index in [0.717, 1.165) is 4.77 Å². The number of H-pyrrole nitrogens is 1. The highest BCUT2D eigenvalue weighted by Gasteiger charge is 2.26. The van der Waals surface area contributed by atoms with Gasteiger partial charge in [-0.25, -0.2) is 0 Å². The molecule has 0 atom stereocenters. The molecular weight excluding hydrogens is 230 g/mol. The Hall–Kier alpha value is -0.640. The Balaban J connectivity index is 1.90. The van der Waals surface area contributed by atoms with Gasteiger partial charge in [-0.2, -0.15) is 5.10 Å². The third-order valence-electron chi connectivity index (χ3n) is 4.39. The number of aromatic amines is 1. The largest absolute Gasteiger partial charge is 0.301 e. The summed E-state index contributed by atoms with van der Waals surface area (Å²) in [5, 5.41) is 7.56. The van der Waals surface area contributed by atoms with Crippen LogP contribution in [0.2, 0.25) is 0 Å². The van der Waals surface area contributed by atoms with Gasteiger partial charge in [-0.05, 0) is 37.9 Å². The summed E-state index contributed by atoms with van der Waals surface area (Å²) in [6.07, 6.45) is 12.0. The Labute approximate surface area is 108 Å². The molecule has 0 aliphatic heterocycles. The molecule has 0 amide bonds. The molecule has 3 rings (SSSR count). The first-order valence-corrected chi connectivity index (χ1v) is 7.44. The quantitative estimate of drug-likeness (QED) is 0.803. The molecule has 17 heavy (non-hydrogen) atoms. The summed E-state index contributed by atoms with van der Waals surface area (Å²) in [5.74, 6) is 1.90. The molecule has 1 aromatic heterocycles. The van der Waals surface area contributed by atoms with Gasteiger partial charge < -0.3 is 4.57 Å². The van der Waals surface area contributed by atoms with Crippen LogP contribution < -0.4 is 0 Å². The number of nitrogens with one attached hydrogen (secondary N) is 1. The van der Waals surface area contributed by atoms with E-state index in [9.17, 15) is 0 Å². The predicted molar refractivity (Wildman–Crippen MR) is 70.7 cm³/mol. The van der Waals surface area contributed by atoms with Crippen LogP contribution in [0.5, 0.6) is 0 Å². The van der Waals surface area contributed by atoms with Gasteiger partial charge in [0.05, 0.1) is 0 Å². The molecular formula is C13H21N3S. The van der Waals surface area contributed by atoms with Crippen molar-refractivity contribution in [1.29, 1.82) is 0 Å². The molecule has 2 aliphatic carbocycles. The second-order valence-corrected chi connectivity index (χ2v) is 5.92. The molecule has 0 bridgehead atoms. The Kier molecular flexibility index (Phi) is 3.32. The second-order valence-electron chi connectivity index (χ2n) is 5.53. The first kappa shape index (κ1) is 11.5. The fourth-order valence-electron chi connectivity index (χ4n) is 3.48. The minimum Gasteiger partial charge on any atom is -0.301 e. The van der Waals surface area contributed by atoms with Crippen LogP contribution in [0.25, 0.3) is 0 Å². The molecule has 2 fully saturated rings. The van der Waals surface area contributed by atoms with E-state index in [1.807, 2.05) is 0 Å². The van der Waals surface area contributed by atoms with E-state index >= 15 is 0 Å². The fraction of sp³-hybridized carbons (Fsp3) is 0.846. The van der Waals surface area contributed by atoms with Gasteiger partial charge in [0.15, 0.2) is 4.77 Å². The molecule has 0 aromatic carbocycles. The van der Waals surface area contributed by atoms with Crippen molar-refractivity contribution in [3.8, 4) is 0 Å². The molecule has 4 heteroatoms. The van der Waals surface area contributed by atoms with Gasteiger partial charge in [-0.1, -0.05) is 32.1 Å². The third kappa shape index (κ3) is 2.19. The molecule has 3 nitrogen and oxygen atoms in total. The van der Waals surface area contributed by atoms with Gasteiger partial charge in [0.2, 0.25) is 0 Å². The van der Waals surface area contributed by atoms with Crippen molar-refractivity contribution in [2.75, 3.05) is 0 Å². The zero-order valence-corrected chi connectivity index (χ0v) is 11.1. The standard InChI is InChI=1S/C13H21N3S/c17-13-15-14-12(10-6-2-1-3-7-10)16(13)11-8-4-5-9-11/h10-11H,1-9H2,(H,15,17). The van der Waals surface area contributed by atoms with Crippen LogP contribution in [0.4, 0.5) is 0 Å². The highest BCUT2D eigenvalue weighted by molar-refractivity contribution is 7.71. The van der Waals surface area contributed by atoms with Crippen LogP contribution in [-0.2, 0) is 0 Å². The maximum atomic E-state index is 5.42. The van der Waals surface area contributed by atoms with Gasteiger partial charge in [-0.3, -0.25) is 5.10 Å². The lowest BCUT2D eigenvalue weighted by Gasteiger charge is -2.23. The Morgan fingerprint density at radius 3 is 2.35 bits per heavy atom. The van der Waals surface area contributed by atoms with E-state index in [4.69, 9.17) is 12.2 Å². The van der Waals surface area contributed by atoms with Gasteiger partial charge in [0.25, 0.3) is 0 Å². The molecule has 0 spiro atoms. The van der Waals surface area contributed by atoms with Crippen molar-refractivity contribution < 1.29 is 0 Å². The van der Waals surface area contributed by atoms with Gasteiger partial charge in [0, 0.05) is 12.0 Å². The van der Waals surface area contributed by atoms with Crippen LogP contribution in [0.3, 0.4) is 0 Å². The summed E-state index contributed by atoms with van der Waals surface area (Å²) in [6.45, 7) is 0. The second kappa shape index (κ2) is 4.92. The normalized spacial score (nSPS) is 23.3. The fourth-order valence-corrected chi connectivity index (χ4v) is 3.77. The summed E-state index contributed by atoms with van der Waals surface area (Å²) in [5.41, 5.74) is 0. The molecule has 94 valence electrons. The highest BCUT2D eigenvalue weighted by atomic mass is 32.1. The average molecular weight is 251 g/mol. The molecule has 0 radical (unpaired) electrons. The van der Waals surface area contributed by atoms with Gasteiger partial charge in [-0.15, -0.1) is 0 Å². The molecule has 0 saturated heterocycles. The first-order chi connectivity index (χ1) is 8.36. The minimum atomic E-state index is 0.623. The van der Waals surface area contributed by atoms with E-state index in [0.29, 0.717) is 12.0 Å². The van der Waals surface area contributed by atoms with Crippen LogP contribution in [0, 0.1) is 4.77 Å². The lowest BCUT2D eigenvalue weighted by Crippen LogP contribution is -2.15. The van der Waals surface area contributed by atoms with Gasteiger partial charge >= 0.3 is 0 Å². The maximum Gasteiger partial charge on any atom is 0.195 e. The number of hydrogen-bond acceptors (Lipinski definition) is 2. The molecule has 1 N–H and O–H groups in total. The van der Waals surface area contributed by atoms with Crippen LogP contribution in [-0.4, -0.2) is 14.8 Å². The average Bonchev–Trinajstić information content (AvgIpc) is 2.99. The minimum absolute atomic E-state index is 0.623. The van der Waals surface area contributed by atoms with Crippen molar-refractivity contribution in [3.05, 3.63) is 10.6 Å². The topological polar surface area (TPSA) is 33.6 Å². The van der Waals surface area contributed by atoms with Gasteiger partial charge in [0.1, 0.15) is 5.82 Å². The zero-order valence-electron chi connectivity index (χ0n) is 10.3. The molecule has 1 aromatic rings. The lowest BCUT2D eigenvalue weighted by atomic mass is 9.88. The summed E-state index contributed by atoms with van der Waals surface area (Å²) >= 11 is 5.42. The number of aromatic nitrogens is 3. The van der Waals surface area contributed by atoms with Crippen molar-refractivity contribution in [2.45, 2.75) is 69.7 Å². The zero-order chi connectivity index (χ0) is 11.7. The molecule has 2 aliphatic rings. The summed E-state index contributed by atoms with van der Waals surface area (Å²) in [7, 11) is 0. The van der Waals surface area contributed by atoms with Crippen molar-refractivity contribution in [2.24, 2.45) is 0 Å². The summed E-state index contributed by atoms with van der Waals surface area (Å²) in [4.78, 5) is 0. The van der Waals surface area contributed by atoms with Crippen molar-refractivity contribution in [1.82, 2.24) is 14.8 Å². The Morgan fingerprint density at radius 2 is 1.65 bits per heavy atom. The lowest BCUT2D eigenvalue weighted by molar-refractivity contribution is 0.394. The van der Waals surface area contributed by atoms with E-state index in [2.05, 4.69) is 14.8 Å². The number of rotatable bonds is 2. The van der Waals surface area contributed by atoms with Crippen LogP contribution in [0.1, 0.15) is 75.6 Å². The van der Waals surface area contributed by atoms with E-state index in [1.165, 1.54) is 63.6 Å². The van der Waals surface area contributed by atoms with E-state index in [1.54, 1.807) is 0 Å². The van der Waals surface area contributed by atoms with Crippen molar-refractivity contribution in [3.63, 3.8) is 0 Å². The molecule has 0 unspecified atom stereocenters. The van der Waals surface area contributed by atoms with E-state index < -0.39 is 0 Å². The molecule has 1 heterocycles. The van der Waals surface area contributed by atoms with Crippen LogP contribution >= 0.6 is 12.2 Å². The SMILES string of the molecule is S=c1[nH]nc(C2CCCCC2)n1C1CCCC1. The van der Waals surface area contributed by atoms with Crippen LogP contribution in [0.15, 0.2) is 0 Å². The third-order valence-corrected chi connectivity index (χ3v) is 4.68. The maximum absolute atomic E-state index is 5.42. The van der Waals surface area contributed by atoms with E-state index in [-0.39, 0.29) is 0 Å². The monoisotopic (exact) mass is 251 g/mol. The Bertz CT molecular complexity index is 422. The first-order valence-electron chi connectivity index (χ1n) is 7.03. The van der Waals surface area contributed by atoms with Crippen molar-refractivity contribution >= 4 is 12.2 Å². The Morgan fingerprint density at radius 1 is 1.00 bits per heavy atom. The summed E-state index contributed by atoms with van der Waals surface area (Å²) < 4.78 is 3.19. The predicted octanol–water partition coefficient (Wildman–Crippen LogP) is 4.10. The summed E-state index contributed by atoms with van der Waals surface area (Å²) in [6, 6.07) is 0.623. The highest BCUT2D eigenvalue weighted by Crippen LogP contribution is 2.36. The smallest absolute Gasteiger partial charge is 0.195 e.